The second-order valence-corrected chi connectivity index (χ2v) is 5.23. The minimum Gasteiger partial charge on any atom is -0.320 e. The molecular formula is C14H20N4O. The Labute approximate surface area is 113 Å². The van der Waals surface area contributed by atoms with Gasteiger partial charge in [0.1, 0.15) is 0 Å². The number of pyridine rings is 1. The molecule has 3 rings (SSSR count). The lowest BCUT2D eigenvalue weighted by Crippen LogP contribution is -2.45. The Balaban J connectivity index is 1.62. The van der Waals surface area contributed by atoms with Gasteiger partial charge >= 0.3 is 6.03 Å². The fourth-order valence-corrected chi connectivity index (χ4v) is 2.91. The van der Waals surface area contributed by atoms with Crippen molar-refractivity contribution in [2.24, 2.45) is 0 Å². The number of nitrogens with one attached hydrogen (secondary N) is 1. The van der Waals surface area contributed by atoms with E-state index in [-0.39, 0.29) is 6.03 Å². The lowest BCUT2D eigenvalue weighted by Gasteiger charge is -2.31. The van der Waals surface area contributed by atoms with Crippen LogP contribution in [0.1, 0.15) is 18.4 Å². The van der Waals surface area contributed by atoms with Crippen molar-refractivity contribution in [1.82, 2.24) is 20.1 Å². The van der Waals surface area contributed by atoms with Crippen molar-refractivity contribution in [3.05, 3.63) is 30.1 Å². The second kappa shape index (κ2) is 5.57. The molecule has 5 nitrogen and oxygen atoms in total. The number of rotatable bonds is 3. The van der Waals surface area contributed by atoms with Gasteiger partial charge in [-0.2, -0.15) is 0 Å². The van der Waals surface area contributed by atoms with Gasteiger partial charge in [0.15, 0.2) is 0 Å². The maximum Gasteiger partial charge on any atom is 0.320 e. The normalized spacial score (nSPS) is 21.2. The Morgan fingerprint density at radius 3 is 2.68 bits per heavy atom. The van der Waals surface area contributed by atoms with Crippen molar-refractivity contribution in [3.8, 4) is 0 Å². The summed E-state index contributed by atoms with van der Waals surface area (Å²) in [5.74, 6) is 0. The van der Waals surface area contributed by atoms with Gasteiger partial charge in [0.25, 0.3) is 0 Å². The molecule has 2 aliphatic rings. The lowest BCUT2D eigenvalue weighted by atomic mass is 10.1. The molecule has 2 saturated heterocycles. The van der Waals surface area contributed by atoms with Crippen LogP contribution in [0.25, 0.3) is 0 Å². The van der Waals surface area contributed by atoms with Crippen molar-refractivity contribution >= 4 is 6.03 Å². The Bertz CT molecular complexity index is 430. The highest BCUT2D eigenvalue weighted by atomic mass is 16.2. The van der Waals surface area contributed by atoms with Gasteiger partial charge in [0.05, 0.1) is 0 Å². The van der Waals surface area contributed by atoms with Gasteiger partial charge in [-0.1, -0.05) is 0 Å². The van der Waals surface area contributed by atoms with Crippen molar-refractivity contribution in [3.63, 3.8) is 0 Å². The minimum absolute atomic E-state index is 0.198. The van der Waals surface area contributed by atoms with Crippen LogP contribution in [-0.2, 0) is 6.54 Å². The molecule has 1 aromatic rings. The fourth-order valence-electron chi connectivity index (χ4n) is 2.91. The Morgan fingerprint density at radius 2 is 1.95 bits per heavy atom. The summed E-state index contributed by atoms with van der Waals surface area (Å²) >= 11 is 0. The van der Waals surface area contributed by atoms with E-state index < -0.39 is 0 Å². The van der Waals surface area contributed by atoms with Crippen LogP contribution < -0.4 is 5.32 Å². The van der Waals surface area contributed by atoms with Gasteiger partial charge in [-0.25, -0.2) is 4.79 Å². The Kier molecular flexibility index (Phi) is 3.64. The maximum absolute atomic E-state index is 12.4. The maximum atomic E-state index is 12.4. The summed E-state index contributed by atoms with van der Waals surface area (Å²) in [7, 11) is 0. The van der Waals surface area contributed by atoms with Crippen molar-refractivity contribution in [2.45, 2.75) is 25.4 Å². The molecule has 2 fully saturated rings. The average Bonchev–Trinajstić information content (AvgIpc) is 2.82. The minimum atomic E-state index is 0.198. The molecule has 0 saturated carbocycles. The Hall–Kier alpha value is -1.62. The molecule has 2 amide bonds. The van der Waals surface area contributed by atoms with Gasteiger partial charge in [-0.3, -0.25) is 4.98 Å². The van der Waals surface area contributed by atoms with Gasteiger partial charge < -0.3 is 15.1 Å². The van der Waals surface area contributed by atoms with E-state index in [1.54, 1.807) is 12.4 Å². The average molecular weight is 260 g/mol. The van der Waals surface area contributed by atoms with E-state index in [1.807, 2.05) is 17.0 Å². The number of aromatic nitrogens is 1. The molecule has 0 aliphatic carbocycles. The number of carbonyl (C=O) groups excluding carboxylic acids is 1. The molecule has 0 spiro atoms. The molecule has 2 aliphatic heterocycles. The summed E-state index contributed by atoms with van der Waals surface area (Å²) in [4.78, 5) is 20.4. The Morgan fingerprint density at radius 1 is 1.21 bits per heavy atom. The van der Waals surface area contributed by atoms with Crippen LogP contribution in [0.15, 0.2) is 24.5 Å². The molecule has 1 N–H and O–H groups in total. The van der Waals surface area contributed by atoms with Gasteiger partial charge in [0.2, 0.25) is 0 Å². The van der Waals surface area contributed by atoms with E-state index >= 15 is 0 Å². The van der Waals surface area contributed by atoms with Gasteiger partial charge in [-0.05, 0) is 43.6 Å². The van der Waals surface area contributed by atoms with Crippen LogP contribution in [0.2, 0.25) is 0 Å². The first-order chi connectivity index (χ1) is 9.34. The summed E-state index contributed by atoms with van der Waals surface area (Å²) in [6, 6.07) is 4.57. The summed E-state index contributed by atoms with van der Waals surface area (Å²) in [6.45, 7) is 4.46. The zero-order valence-corrected chi connectivity index (χ0v) is 11.1. The predicted octanol–water partition coefficient (Wildman–Crippen LogP) is 1.07. The van der Waals surface area contributed by atoms with Crippen LogP contribution >= 0.6 is 0 Å². The molecule has 1 aromatic heterocycles. The molecule has 0 unspecified atom stereocenters. The summed E-state index contributed by atoms with van der Waals surface area (Å²) in [5, 5.41) is 3.35. The number of nitrogens with zero attached hydrogens (tertiary/aromatic N) is 3. The predicted molar refractivity (Wildman–Crippen MR) is 72.6 cm³/mol. The van der Waals surface area contributed by atoms with Crippen LogP contribution in [0.3, 0.4) is 0 Å². The first-order valence-electron chi connectivity index (χ1n) is 7.00. The highest BCUT2D eigenvalue weighted by molar-refractivity contribution is 5.76. The van der Waals surface area contributed by atoms with E-state index in [0.29, 0.717) is 12.6 Å². The van der Waals surface area contributed by atoms with E-state index in [4.69, 9.17) is 0 Å². The summed E-state index contributed by atoms with van der Waals surface area (Å²) in [6.07, 6.45) is 5.71. The molecule has 0 atom stereocenters. The molecule has 19 heavy (non-hydrogen) atoms. The lowest BCUT2D eigenvalue weighted by molar-refractivity contribution is 0.165. The van der Waals surface area contributed by atoms with Crippen molar-refractivity contribution in [1.29, 1.82) is 0 Å². The van der Waals surface area contributed by atoms with Crippen LogP contribution in [-0.4, -0.2) is 53.0 Å². The number of amides is 2. The first-order valence-corrected chi connectivity index (χ1v) is 7.00. The topological polar surface area (TPSA) is 48.5 Å². The number of carbonyl (C=O) groups is 1. The van der Waals surface area contributed by atoms with Gasteiger partial charge in [-0.15, -0.1) is 0 Å². The number of hydrogen-bond acceptors (Lipinski definition) is 3. The van der Waals surface area contributed by atoms with Crippen LogP contribution in [0.4, 0.5) is 4.79 Å². The highest BCUT2D eigenvalue weighted by Crippen LogP contribution is 2.20. The summed E-state index contributed by atoms with van der Waals surface area (Å²) < 4.78 is 0. The number of urea groups is 1. The zero-order valence-electron chi connectivity index (χ0n) is 11.1. The molecule has 0 aromatic carbocycles. The molecule has 0 radical (unpaired) electrons. The SMILES string of the molecule is O=C1N(Cc2ccncc2)CCN1C1CCNCC1. The van der Waals surface area contributed by atoms with Crippen molar-refractivity contribution in [2.75, 3.05) is 26.2 Å². The molecule has 5 heteroatoms. The molecule has 3 heterocycles. The van der Waals surface area contributed by atoms with Crippen LogP contribution in [0.5, 0.6) is 0 Å². The van der Waals surface area contributed by atoms with Crippen LogP contribution in [0, 0.1) is 0 Å². The third kappa shape index (κ3) is 2.71. The quantitative estimate of drug-likeness (QED) is 0.884. The molecule has 102 valence electrons. The second-order valence-electron chi connectivity index (χ2n) is 5.23. The third-order valence-corrected chi connectivity index (χ3v) is 4.00. The standard InChI is InChI=1S/C14H20N4O/c19-14-17(11-12-1-5-15-6-2-12)9-10-18(14)13-3-7-16-8-4-13/h1-2,5-6,13,16H,3-4,7-11H2. The number of piperidine rings is 1. The van der Waals surface area contributed by atoms with Crippen molar-refractivity contribution < 1.29 is 4.79 Å². The first kappa shape index (κ1) is 12.4. The summed E-state index contributed by atoms with van der Waals surface area (Å²) in [5.41, 5.74) is 1.15. The van der Waals surface area contributed by atoms with E-state index in [9.17, 15) is 4.79 Å². The smallest absolute Gasteiger partial charge is 0.320 e. The molecular weight excluding hydrogens is 240 g/mol. The zero-order chi connectivity index (χ0) is 13.1. The fraction of sp³-hybridized carbons (Fsp3) is 0.571. The number of hydrogen-bond donors (Lipinski definition) is 1. The van der Waals surface area contributed by atoms with E-state index in [0.717, 1.165) is 44.6 Å². The van der Waals surface area contributed by atoms with Gasteiger partial charge in [0, 0.05) is 38.1 Å². The molecule has 0 bridgehead atoms. The largest absolute Gasteiger partial charge is 0.320 e. The highest BCUT2D eigenvalue weighted by Gasteiger charge is 2.33. The monoisotopic (exact) mass is 260 g/mol. The van der Waals surface area contributed by atoms with E-state index in [2.05, 4.69) is 15.2 Å². The third-order valence-electron chi connectivity index (χ3n) is 4.00. The van der Waals surface area contributed by atoms with E-state index in [1.165, 1.54) is 0 Å².